The van der Waals surface area contributed by atoms with Gasteiger partial charge in [-0.1, -0.05) is 23.8 Å². The van der Waals surface area contributed by atoms with Gasteiger partial charge in [-0.2, -0.15) is 8.78 Å². The zero-order valence-electron chi connectivity index (χ0n) is 22.3. The van der Waals surface area contributed by atoms with Crippen molar-refractivity contribution in [1.29, 1.82) is 0 Å². The number of aryl methyl sites for hydroxylation is 1. The van der Waals surface area contributed by atoms with Crippen LogP contribution in [0.3, 0.4) is 0 Å². The Labute approximate surface area is 224 Å². The van der Waals surface area contributed by atoms with Crippen LogP contribution >= 0.6 is 0 Å². The molecule has 39 heavy (non-hydrogen) atoms. The second kappa shape index (κ2) is 10.5. The van der Waals surface area contributed by atoms with Gasteiger partial charge in [0.05, 0.1) is 17.4 Å². The highest BCUT2D eigenvalue weighted by Gasteiger charge is 2.26. The predicted molar refractivity (Wildman–Crippen MR) is 144 cm³/mol. The van der Waals surface area contributed by atoms with Gasteiger partial charge in [0.1, 0.15) is 5.75 Å². The van der Waals surface area contributed by atoms with E-state index >= 15 is 0 Å². The molecule has 1 aliphatic rings. The molecule has 1 atom stereocenters. The molecule has 2 aromatic heterocycles. The monoisotopic (exact) mass is 536 g/mol. The molecule has 4 aromatic rings. The number of hydrogen-bond donors (Lipinski definition) is 0. The molecule has 0 saturated carbocycles. The molecular formula is C28H30F2N6O3. The summed E-state index contributed by atoms with van der Waals surface area (Å²) in [6.45, 7) is 4.60. The lowest BCUT2D eigenvalue weighted by Gasteiger charge is -2.39. The van der Waals surface area contributed by atoms with Crippen LogP contribution in [0.2, 0.25) is 0 Å². The summed E-state index contributed by atoms with van der Waals surface area (Å²) in [5.74, 6) is 0.731. The molecular weight excluding hydrogens is 506 g/mol. The minimum atomic E-state index is -2.95. The van der Waals surface area contributed by atoms with E-state index in [4.69, 9.17) is 4.74 Å². The Kier molecular flexibility index (Phi) is 7.07. The highest BCUT2D eigenvalue weighted by molar-refractivity contribution is 5.84. The highest BCUT2D eigenvalue weighted by Crippen LogP contribution is 2.27. The van der Waals surface area contributed by atoms with Crippen molar-refractivity contribution in [3.05, 3.63) is 70.3 Å². The molecule has 1 aliphatic heterocycles. The van der Waals surface area contributed by atoms with Crippen molar-refractivity contribution >= 4 is 22.8 Å². The predicted octanol–water partition coefficient (Wildman–Crippen LogP) is 3.81. The second-order valence-electron chi connectivity index (χ2n) is 9.89. The maximum absolute atomic E-state index is 13.0. The Morgan fingerprint density at radius 1 is 1.10 bits per heavy atom. The molecule has 9 nitrogen and oxygen atoms in total. The number of aromatic nitrogens is 4. The second-order valence-corrected chi connectivity index (χ2v) is 9.89. The fourth-order valence-electron chi connectivity index (χ4n) is 5.19. The largest absolute Gasteiger partial charge is 0.434 e. The molecule has 0 unspecified atom stereocenters. The SMILES string of the molecule is CC(=O)N1CCN(c2ncc(-c3ccc4c(=O)n(C)n(Cc5cc(C)ccc5OC(F)F)c4c3)cn2)C[C@H]1C. The van der Waals surface area contributed by atoms with E-state index in [-0.39, 0.29) is 29.8 Å². The lowest BCUT2D eigenvalue weighted by molar-refractivity contribution is -0.131. The zero-order chi connectivity index (χ0) is 27.8. The van der Waals surface area contributed by atoms with Crippen LogP contribution in [0.25, 0.3) is 22.0 Å². The van der Waals surface area contributed by atoms with Crippen molar-refractivity contribution in [1.82, 2.24) is 24.2 Å². The van der Waals surface area contributed by atoms with Crippen molar-refractivity contribution in [2.45, 2.75) is 40.0 Å². The van der Waals surface area contributed by atoms with Gasteiger partial charge in [0.15, 0.2) is 0 Å². The van der Waals surface area contributed by atoms with E-state index in [0.29, 0.717) is 42.0 Å². The van der Waals surface area contributed by atoms with Gasteiger partial charge in [0.25, 0.3) is 5.56 Å². The van der Waals surface area contributed by atoms with E-state index in [1.807, 2.05) is 30.9 Å². The number of fused-ring (bicyclic) bond motifs is 1. The number of nitrogens with zero attached hydrogens (tertiary/aromatic N) is 6. The van der Waals surface area contributed by atoms with Crippen LogP contribution in [0, 0.1) is 6.92 Å². The van der Waals surface area contributed by atoms with Crippen molar-refractivity contribution in [3.8, 4) is 16.9 Å². The first-order valence-electron chi connectivity index (χ1n) is 12.7. The Balaban J connectivity index is 1.45. The summed E-state index contributed by atoms with van der Waals surface area (Å²) in [5, 5.41) is 0.514. The number of benzene rings is 2. The van der Waals surface area contributed by atoms with Crippen LogP contribution in [0.4, 0.5) is 14.7 Å². The van der Waals surface area contributed by atoms with Crippen LogP contribution in [-0.2, 0) is 18.4 Å². The summed E-state index contributed by atoms with van der Waals surface area (Å²) in [7, 11) is 1.65. The highest BCUT2D eigenvalue weighted by atomic mass is 19.3. The van der Waals surface area contributed by atoms with Crippen LogP contribution in [0.1, 0.15) is 25.0 Å². The van der Waals surface area contributed by atoms with E-state index in [9.17, 15) is 18.4 Å². The Bertz CT molecular complexity index is 1580. The lowest BCUT2D eigenvalue weighted by atomic mass is 10.1. The van der Waals surface area contributed by atoms with E-state index in [1.54, 1.807) is 49.2 Å². The first kappa shape index (κ1) is 26.3. The van der Waals surface area contributed by atoms with Crippen LogP contribution in [-0.4, -0.2) is 62.4 Å². The van der Waals surface area contributed by atoms with Gasteiger partial charge in [-0.25, -0.2) is 9.97 Å². The van der Waals surface area contributed by atoms with Crippen molar-refractivity contribution in [2.24, 2.45) is 7.05 Å². The summed E-state index contributed by atoms with van der Waals surface area (Å²) in [6.07, 6.45) is 3.48. The minimum Gasteiger partial charge on any atom is -0.434 e. The minimum absolute atomic E-state index is 0.0633. The van der Waals surface area contributed by atoms with Crippen molar-refractivity contribution in [2.75, 3.05) is 24.5 Å². The molecule has 204 valence electrons. The van der Waals surface area contributed by atoms with Gasteiger partial charge >= 0.3 is 6.61 Å². The summed E-state index contributed by atoms with van der Waals surface area (Å²) >= 11 is 0. The van der Waals surface area contributed by atoms with Gasteiger partial charge in [-0.3, -0.25) is 19.0 Å². The number of anilines is 1. The maximum Gasteiger partial charge on any atom is 0.387 e. The zero-order valence-corrected chi connectivity index (χ0v) is 22.3. The number of alkyl halides is 2. The Morgan fingerprint density at radius 3 is 2.51 bits per heavy atom. The topological polar surface area (TPSA) is 85.5 Å². The molecule has 0 bridgehead atoms. The fraction of sp³-hybridized carbons (Fsp3) is 0.357. The average Bonchev–Trinajstić information content (AvgIpc) is 3.14. The molecule has 0 spiro atoms. The summed E-state index contributed by atoms with van der Waals surface area (Å²) in [6, 6.07) is 10.6. The van der Waals surface area contributed by atoms with Gasteiger partial charge in [-0.05, 0) is 37.6 Å². The third kappa shape index (κ3) is 5.21. The normalized spacial score (nSPS) is 15.8. The van der Waals surface area contributed by atoms with E-state index in [2.05, 4.69) is 14.9 Å². The third-order valence-electron chi connectivity index (χ3n) is 7.20. The number of hydrogen-bond acceptors (Lipinski definition) is 6. The van der Waals surface area contributed by atoms with Crippen LogP contribution < -0.4 is 15.2 Å². The molecule has 1 saturated heterocycles. The quantitative estimate of drug-likeness (QED) is 0.373. The number of halogens is 2. The number of ether oxygens (including phenoxy) is 1. The Hall–Kier alpha value is -4.28. The summed E-state index contributed by atoms with van der Waals surface area (Å²) < 4.78 is 34.0. The van der Waals surface area contributed by atoms with Gasteiger partial charge in [0, 0.05) is 63.2 Å². The molecule has 0 aliphatic carbocycles. The smallest absolute Gasteiger partial charge is 0.387 e. The first-order valence-corrected chi connectivity index (χ1v) is 12.7. The average molecular weight is 537 g/mol. The van der Waals surface area contributed by atoms with E-state index in [1.165, 1.54) is 10.7 Å². The Morgan fingerprint density at radius 2 is 1.85 bits per heavy atom. The van der Waals surface area contributed by atoms with Gasteiger partial charge < -0.3 is 14.5 Å². The maximum atomic E-state index is 13.0. The number of amides is 1. The molecule has 0 radical (unpaired) electrons. The first-order chi connectivity index (χ1) is 18.6. The molecule has 2 aromatic carbocycles. The molecule has 11 heteroatoms. The molecule has 1 fully saturated rings. The van der Waals surface area contributed by atoms with Gasteiger partial charge in [-0.15, -0.1) is 0 Å². The standard InChI is InChI=1S/C28H30F2N6O3/c1-17-5-8-25(39-27(29)30)21(11-17)16-36-24-12-20(6-7-23(24)26(38)33(36)4)22-13-31-28(32-14-22)34-9-10-35(19(3)37)18(2)15-34/h5-8,11-14,18,27H,9-10,15-16H2,1-4H3/t18-/m1/s1. The summed E-state index contributed by atoms with van der Waals surface area (Å²) in [5.41, 5.74) is 3.49. The number of piperazine rings is 1. The number of carbonyl (C=O) groups is 1. The van der Waals surface area contributed by atoms with E-state index in [0.717, 1.165) is 16.7 Å². The lowest BCUT2D eigenvalue weighted by Crippen LogP contribution is -2.53. The summed E-state index contributed by atoms with van der Waals surface area (Å²) in [4.78, 5) is 37.8. The molecule has 5 rings (SSSR count). The molecule has 0 N–H and O–H groups in total. The van der Waals surface area contributed by atoms with E-state index < -0.39 is 6.61 Å². The number of rotatable bonds is 6. The van der Waals surface area contributed by atoms with Crippen LogP contribution in [0.15, 0.2) is 53.6 Å². The number of carbonyl (C=O) groups excluding carboxylic acids is 1. The van der Waals surface area contributed by atoms with Crippen molar-refractivity contribution in [3.63, 3.8) is 0 Å². The molecule has 1 amide bonds. The van der Waals surface area contributed by atoms with Gasteiger partial charge in [0.2, 0.25) is 11.9 Å². The van der Waals surface area contributed by atoms with Crippen LogP contribution in [0.5, 0.6) is 5.75 Å². The van der Waals surface area contributed by atoms with Crippen molar-refractivity contribution < 1.29 is 18.3 Å². The fourth-order valence-corrected chi connectivity index (χ4v) is 5.19. The third-order valence-corrected chi connectivity index (χ3v) is 7.20. The molecule has 3 heterocycles.